The summed E-state index contributed by atoms with van der Waals surface area (Å²) in [5, 5.41) is 0. The zero-order chi connectivity index (χ0) is 15.6. The molecule has 0 saturated carbocycles. The number of amides is 1. The Balaban J connectivity index is 1.55. The monoisotopic (exact) mass is 335 g/mol. The van der Waals surface area contributed by atoms with E-state index in [-0.39, 0.29) is 18.8 Å². The minimum Gasteiger partial charge on any atom is -0.454 e. The Morgan fingerprint density at radius 3 is 2.96 bits per heavy atom. The Hall–Kier alpha value is -1.40. The van der Waals surface area contributed by atoms with E-state index >= 15 is 0 Å². The molecule has 0 radical (unpaired) electrons. The van der Waals surface area contributed by atoms with Gasteiger partial charge in [-0.1, -0.05) is 0 Å². The average Bonchev–Trinajstić information content (AvgIpc) is 3.33. The number of ether oxygens (including phenoxy) is 3. The van der Waals surface area contributed by atoms with Gasteiger partial charge in [-0.25, -0.2) is 0 Å². The van der Waals surface area contributed by atoms with E-state index in [1.165, 1.54) is 0 Å². The van der Waals surface area contributed by atoms with E-state index < -0.39 is 0 Å². The lowest BCUT2D eigenvalue weighted by atomic mass is 10.1. The van der Waals surface area contributed by atoms with E-state index in [2.05, 4.69) is 0 Å². The molecule has 3 aliphatic rings. The van der Waals surface area contributed by atoms with Gasteiger partial charge in [0.05, 0.1) is 6.10 Å². The number of hydrogen-bond acceptors (Lipinski definition) is 5. The zero-order valence-corrected chi connectivity index (χ0v) is 13.8. The standard InChI is InChI=1S/C17H21NO4S/c19-17(12-3-4-15-16(8-12)22-11-21-15)18(13-5-7-23-10-13)9-14-2-1-6-20-14/h3-4,8,13-14H,1-2,5-7,9-11H2. The summed E-state index contributed by atoms with van der Waals surface area (Å²) in [6.45, 7) is 1.74. The van der Waals surface area contributed by atoms with Crippen molar-refractivity contribution in [2.24, 2.45) is 0 Å². The third-order valence-electron chi connectivity index (χ3n) is 4.65. The quantitative estimate of drug-likeness (QED) is 0.846. The van der Waals surface area contributed by atoms with E-state index in [0.29, 0.717) is 29.6 Å². The van der Waals surface area contributed by atoms with Gasteiger partial charge >= 0.3 is 0 Å². The van der Waals surface area contributed by atoms with Crippen LogP contribution < -0.4 is 9.47 Å². The van der Waals surface area contributed by atoms with Crippen molar-refractivity contribution >= 4 is 17.7 Å². The smallest absolute Gasteiger partial charge is 0.254 e. The summed E-state index contributed by atoms with van der Waals surface area (Å²) in [4.78, 5) is 15.1. The highest BCUT2D eigenvalue weighted by Gasteiger charge is 2.31. The van der Waals surface area contributed by atoms with Gasteiger partial charge < -0.3 is 19.1 Å². The summed E-state index contributed by atoms with van der Waals surface area (Å²) >= 11 is 1.92. The second kappa shape index (κ2) is 6.61. The Bertz CT molecular complexity index is 582. The molecule has 6 heteroatoms. The van der Waals surface area contributed by atoms with Crippen molar-refractivity contribution in [1.29, 1.82) is 0 Å². The summed E-state index contributed by atoms with van der Waals surface area (Å²) < 4.78 is 16.5. The molecule has 0 aromatic heterocycles. The summed E-state index contributed by atoms with van der Waals surface area (Å²) in [5.41, 5.74) is 0.671. The third-order valence-corrected chi connectivity index (χ3v) is 5.80. The number of carbonyl (C=O) groups is 1. The molecule has 0 bridgehead atoms. The van der Waals surface area contributed by atoms with Crippen LogP contribution in [0.5, 0.6) is 11.5 Å². The third kappa shape index (κ3) is 3.15. The number of hydrogen-bond donors (Lipinski definition) is 0. The number of nitrogens with zero attached hydrogens (tertiary/aromatic N) is 1. The molecule has 3 heterocycles. The number of benzene rings is 1. The highest BCUT2D eigenvalue weighted by molar-refractivity contribution is 7.99. The lowest BCUT2D eigenvalue weighted by molar-refractivity contribution is 0.0441. The van der Waals surface area contributed by atoms with E-state index in [0.717, 1.165) is 37.4 Å². The van der Waals surface area contributed by atoms with Crippen LogP contribution in [0.3, 0.4) is 0 Å². The van der Waals surface area contributed by atoms with E-state index in [1.54, 1.807) is 6.07 Å². The van der Waals surface area contributed by atoms with Crippen molar-refractivity contribution in [2.45, 2.75) is 31.4 Å². The number of thioether (sulfide) groups is 1. The maximum absolute atomic E-state index is 13.1. The SMILES string of the molecule is O=C(c1ccc2c(c1)OCO2)N(CC1CCCO1)C1CCSC1. The molecule has 0 aliphatic carbocycles. The molecule has 1 aromatic carbocycles. The fourth-order valence-corrected chi connectivity index (χ4v) is 4.59. The largest absolute Gasteiger partial charge is 0.454 e. The summed E-state index contributed by atoms with van der Waals surface area (Å²) in [6.07, 6.45) is 3.38. The highest BCUT2D eigenvalue weighted by atomic mass is 32.2. The first-order chi connectivity index (χ1) is 11.3. The molecule has 2 fully saturated rings. The minimum atomic E-state index is 0.0753. The van der Waals surface area contributed by atoms with Gasteiger partial charge in [-0.05, 0) is 43.2 Å². The molecule has 2 saturated heterocycles. The minimum absolute atomic E-state index is 0.0753. The maximum atomic E-state index is 13.1. The average molecular weight is 335 g/mol. The summed E-state index contributed by atoms with van der Waals surface area (Å²) in [5.74, 6) is 3.59. The van der Waals surface area contributed by atoms with Gasteiger partial charge in [-0.15, -0.1) is 0 Å². The van der Waals surface area contributed by atoms with Crippen LogP contribution in [0.1, 0.15) is 29.6 Å². The van der Waals surface area contributed by atoms with Crippen LogP contribution in [-0.4, -0.2) is 54.4 Å². The first-order valence-corrected chi connectivity index (χ1v) is 9.37. The molecule has 5 nitrogen and oxygen atoms in total. The molecule has 3 aliphatic heterocycles. The van der Waals surface area contributed by atoms with Crippen LogP contribution in [0.4, 0.5) is 0 Å². The Kier molecular flexibility index (Phi) is 4.35. The second-order valence-corrected chi connectivity index (χ2v) is 7.33. The Morgan fingerprint density at radius 2 is 2.17 bits per heavy atom. The van der Waals surface area contributed by atoms with Gasteiger partial charge in [0.2, 0.25) is 6.79 Å². The zero-order valence-electron chi connectivity index (χ0n) is 13.0. The number of carbonyl (C=O) groups excluding carboxylic acids is 1. The molecule has 2 atom stereocenters. The van der Waals surface area contributed by atoms with Crippen LogP contribution in [0.25, 0.3) is 0 Å². The first-order valence-electron chi connectivity index (χ1n) is 8.21. The predicted molar refractivity (Wildman–Crippen MR) is 88.3 cm³/mol. The van der Waals surface area contributed by atoms with Crippen LogP contribution in [0.15, 0.2) is 18.2 Å². The van der Waals surface area contributed by atoms with E-state index in [9.17, 15) is 4.79 Å². The number of rotatable bonds is 4. The molecular weight excluding hydrogens is 314 g/mol. The predicted octanol–water partition coefficient (Wildman–Crippen LogP) is 2.54. The van der Waals surface area contributed by atoms with Crippen LogP contribution in [0, 0.1) is 0 Å². The van der Waals surface area contributed by atoms with Crippen LogP contribution in [0.2, 0.25) is 0 Å². The van der Waals surface area contributed by atoms with Crippen molar-refractivity contribution in [1.82, 2.24) is 4.90 Å². The van der Waals surface area contributed by atoms with Crippen molar-refractivity contribution in [2.75, 3.05) is 31.5 Å². The van der Waals surface area contributed by atoms with Crippen molar-refractivity contribution in [3.05, 3.63) is 23.8 Å². The van der Waals surface area contributed by atoms with E-state index in [4.69, 9.17) is 14.2 Å². The first kappa shape index (κ1) is 15.1. The molecule has 124 valence electrons. The van der Waals surface area contributed by atoms with E-state index in [1.807, 2.05) is 28.8 Å². The topological polar surface area (TPSA) is 48.0 Å². The van der Waals surface area contributed by atoms with Crippen molar-refractivity contribution in [3.8, 4) is 11.5 Å². The van der Waals surface area contributed by atoms with Crippen LogP contribution >= 0.6 is 11.8 Å². The van der Waals surface area contributed by atoms with Crippen molar-refractivity contribution in [3.63, 3.8) is 0 Å². The second-order valence-electron chi connectivity index (χ2n) is 6.18. The van der Waals surface area contributed by atoms with Gasteiger partial charge in [-0.2, -0.15) is 11.8 Å². The molecule has 1 aromatic rings. The Labute approximate surface area is 140 Å². The normalized spacial score (nSPS) is 25.7. The molecule has 1 amide bonds. The van der Waals surface area contributed by atoms with Gasteiger partial charge in [0, 0.05) is 30.5 Å². The lowest BCUT2D eigenvalue weighted by Gasteiger charge is -2.31. The van der Waals surface area contributed by atoms with Crippen LogP contribution in [-0.2, 0) is 4.74 Å². The molecule has 0 spiro atoms. The van der Waals surface area contributed by atoms with Gasteiger partial charge in [0.15, 0.2) is 11.5 Å². The maximum Gasteiger partial charge on any atom is 0.254 e. The summed E-state index contributed by atoms with van der Waals surface area (Å²) in [6, 6.07) is 5.76. The fourth-order valence-electron chi connectivity index (χ4n) is 3.37. The van der Waals surface area contributed by atoms with Crippen molar-refractivity contribution < 1.29 is 19.0 Å². The van der Waals surface area contributed by atoms with Gasteiger partial charge in [0.1, 0.15) is 0 Å². The molecule has 2 unspecified atom stereocenters. The van der Waals surface area contributed by atoms with Gasteiger partial charge in [0.25, 0.3) is 5.91 Å². The summed E-state index contributed by atoms with van der Waals surface area (Å²) in [7, 11) is 0. The highest BCUT2D eigenvalue weighted by Crippen LogP contribution is 2.33. The number of fused-ring (bicyclic) bond motifs is 1. The van der Waals surface area contributed by atoms with Gasteiger partial charge in [-0.3, -0.25) is 4.79 Å². The Morgan fingerprint density at radius 1 is 1.26 bits per heavy atom. The fraction of sp³-hybridized carbons (Fsp3) is 0.588. The molecule has 23 heavy (non-hydrogen) atoms. The molecular formula is C17H21NO4S. The lowest BCUT2D eigenvalue weighted by Crippen LogP contribution is -2.44. The molecule has 4 rings (SSSR count). The molecule has 0 N–H and O–H groups in total.